The first-order chi connectivity index (χ1) is 16.0. The number of hydrogen-bond donors (Lipinski definition) is 1. The minimum Gasteiger partial charge on any atom is -0.322 e. The predicted molar refractivity (Wildman–Crippen MR) is 129 cm³/mol. The Hall–Kier alpha value is -4.52. The Bertz CT molecular complexity index is 1340. The molecule has 0 aliphatic heterocycles. The Morgan fingerprint density at radius 3 is 2.27 bits per heavy atom. The zero-order chi connectivity index (χ0) is 23.4. The smallest absolute Gasteiger partial charge is 0.282 e. The quantitative estimate of drug-likeness (QED) is 0.310. The number of nitro benzene ring substituents is 1. The zero-order valence-corrected chi connectivity index (χ0v) is 17.9. The van der Waals surface area contributed by atoms with Gasteiger partial charge in [0.25, 0.3) is 17.5 Å². The molecule has 1 N–H and O–H groups in total. The fourth-order valence-electron chi connectivity index (χ4n) is 3.74. The number of para-hydroxylation sites is 1. The highest BCUT2D eigenvalue weighted by Gasteiger charge is 2.20. The number of carbonyl (C=O) groups is 2. The standard InChI is InChI=1S/C26H21N3O4/c1-2-28(23-13-7-9-18-8-3-4-10-21(18)23)26(31)19-14-16-20(17-15-19)27-25(30)22-11-5-6-12-24(22)29(32)33/h3-17H,2H2,1H3,(H,27,30). The summed E-state index contributed by atoms with van der Waals surface area (Å²) >= 11 is 0. The van der Waals surface area contributed by atoms with Crippen molar-refractivity contribution in [2.24, 2.45) is 0 Å². The van der Waals surface area contributed by atoms with E-state index in [1.54, 1.807) is 35.2 Å². The minimum atomic E-state index is -0.594. The fourth-order valence-corrected chi connectivity index (χ4v) is 3.74. The van der Waals surface area contributed by atoms with Gasteiger partial charge < -0.3 is 10.2 Å². The molecule has 0 bridgehead atoms. The number of benzene rings is 4. The molecule has 0 saturated heterocycles. The molecule has 33 heavy (non-hydrogen) atoms. The summed E-state index contributed by atoms with van der Waals surface area (Å²) in [6.45, 7) is 2.41. The molecular formula is C26H21N3O4. The molecule has 7 nitrogen and oxygen atoms in total. The normalized spacial score (nSPS) is 10.6. The van der Waals surface area contributed by atoms with Gasteiger partial charge in [-0.05, 0) is 48.7 Å². The summed E-state index contributed by atoms with van der Waals surface area (Å²) in [7, 11) is 0. The van der Waals surface area contributed by atoms with Crippen LogP contribution >= 0.6 is 0 Å². The van der Waals surface area contributed by atoms with Crippen molar-refractivity contribution in [3.63, 3.8) is 0 Å². The van der Waals surface area contributed by atoms with Crippen molar-refractivity contribution in [1.82, 2.24) is 0 Å². The minimum absolute atomic E-state index is 0.0317. The lowest BCUT2D eigenvalue weighted by Gasteiger charge is -2.23. The molecule has 2 amide bonds. The molecule has 4 aromatic carbocycles. The second-order valence-electron chi connectivity index (χ2n) is 7.35. The molecule has 0 fully saturated rings. The number of hydrogen-bond acceptors (Lipinski definition) is 4. The third-order valence-corrected chi connectivity index (χ3v) is 5.35. The van der Waals surface area contributed by atoms with E-state index in [0.717, 1.165) is 16.5 Å². The van der Waals surface area contributed by atoms with Gasteiger partial charge in [0.05, 0.1) is 10.6 Å². The van der Waals surface area contributed by atoms with Crippen LogP contribution < -0.4 is 10.2 Å². The van der Waals surface area contributed by atoms with Crippen LogP contribution in [-0.4, -0.2) is 23.3 Å². The molecule has 0 saturated carbocycles. The van der Waals surface area contributed by atoms with Crippen LogP contribution in [0.2, 0.25) is 0 Å². The van der Waals surface area contributed by atoms with Gasteiger partial charge in [-0.15, -0.1) is 0 Å². The van der Waals surface area contributed by atoms with Crippen molar-refractivity contribution in [3.05, 3.63) is 112 Å². The summed E-state index contributed by atoms with van der Waals surface area (Å²) in [6.07, 6.45) is 0. The summed E-state index contributed by atoms with van der Waals surface area (Å²) < 4.78 is 0. The first kappa shape index (κ1) is 21.7. The molecule has 0 radical (unpaired) electrons. The SMILES string of the molecule is CCN(C(=O)c1ccc(NC(=O)c2ccccc2[N+](=O)[O-])cc1)c1cccc2ccccc12. The van der Waals surface area contributed by atoms with Gasteiger partial charge >= 0.3 is 0 Å². The Balaban J connectivity index is 1.56. The lowest BCUT2D eigenvalue weighted by molar-refractivity contribution is -0.385. The van der Waals surface area contributed by atoms with Crippen LogP contribution in [0.5, 0.6) is 0 Å². The molecule has 0 spiro atoms. The average molecular weight is 439 g/mol. The van der Waals surface area contributed by atoms with Crippen LogP contribution in [0.25, 0.3) is 10.8 Å². The number of nitrogens with one attached hydrogen (secondary N) is 1. The Morgan fingerprint density at radius 1 is 0.879 bits per heavy atom. The van der Waals surface area contributed by atoms with Gasteiger partial charge in [0.1, 0.15) is 5.56 Å². The van der Waals surface area contributed by atoms with Gasteiger partial charge in [-0.3, -0.25) is 19.7 Å². The summed E-state index contributed by atoms with van der Waals surface area (Å²) in [5, 5.41) is 15.9. The molecule has 0 aliphatic carbocycles. The van der Waals surface area contributed by atoms with Crippen LogP contribution in [0.3, 0.4) is 0 Å². The molecule has 4 rings (SSSR count). The van der Waals surface area contributed by atoms with E-state index in [9.17, 15) is 19.7 Å². The van der Waals surface area contributed by atoms with Crippen molar-refractivity contribution in [3.8, 4) is 0 Å². The van der Waals surface area contributed by atoms with Crippen molar-refractivity contribution < 1.29 is 14.5 Å². The van der Waals surface area contributed by atoms with E-state index in [1.807, 2.05) is 49.4 Å². The first-order valence-corrected chi connectivity index (χ1v) is 10.4. The highest BCUT2D eigenvalue weighted by molar-refractivity contribution is 6.11. The zero-order valence-electron chi connectivity index (χ0n) is 17.9. The number of anilines is 2. The number of nitrogens with zero attached hydrogens (tertiary/aromatic N) is 2. The van der Waals surface area contributed by atoms with E-state index < -0.39 is 10.8 Å². The molecule has 0 heterocycles. The maximum Gasteiger partial charge on any atom is 0.282 e. The van der Waals surface area contributed by atoms with E-state index in [0.29, 0.717) is 17.8 Å². The van der Waals surface area contributed by atoms with Crippen molar-refractivity contribution in [2.45, 2.75) is 6.92 Å². The van der Waals surface area contributed by atoms with Gasteiger partial charge in [0.2, 0.25) is 0 Å². The number of nitro groups is 1. The maximum absolute atomic E-state index is 13.3. The first-order valence-electron chi connectivity index (χ1n) is 10.4. The van der Waals surface area contributed by atoms with Crippen LogP contribution in [0.1, 0.15) is 27.6 Å². The lowest BCUT2D eigenvalue weighted by Crippen LogP contribution is -2.30. The second kappa shape index (κ2) is 9.32. The molecule has 164 valence electrons. The molecular weight excluding hydrogens is 418 g/mol. The van der Waals surface area contributed by atoms with Crippen LogP contribution in [0.15, 0.2) is 91.0 Å². The Morgan fingerprint density at radius 2 is 1.55 bits per heavy atom. The van der Waals surface area contributed by atoms with Crippen LogP contribution in [-0.2, 0) is 0 Å². The monoisotopic (exact) mass is 439 g/mol. The highest BCUT2D eigenvalue weighted by Crippen LogP contribution is 2.28. The van der Waals surface area contributed by atoms with E-state index in [-0.39, 0.29) is 17.2 Å². The van der Waals surface area contributed by atoms with Gasteiger partial charge in [-0.25, -0.2) is 0 Å². The summed E-state index contributed by atoms with van der Waals surface area (Å²) in [5.74, 6) is -0.752. The summed E-state index contributed by atoms with van der Waals surface area (Å²) in [4.78, 5) is 38.1. The topological polar surface area (TPSA) is 92.6 Å². The van der Waals surface area contributed by atoms with E-state index >= 15 is 0 Å². The van der Waals surface area contributed by atoms with Gasteiger partial charge in [-0.2, -0.15) is 0 Å². The number of carbonyl (C=O) groups excluding carboxylic acids is 2. The molecule has 0 atom stereocenters. The predicted octanol–water partition coefficient (Wildman–Crippen LogP) is 5.67. The maximum atomic E-state index is 13.3. The lowest BCUT2D eigenvalue weighted by atomic mass is 10.1. The highest BCUT2D eigenvalue weighted by atomic mass is 16.6. The van der Waals surface area contributed by atoms with E-state index in [4.69, 9.17) is 0 Å². The second-order valence-corrected chi connectivity index (χ2v) is 7.35. The van der Waals surface area contributed by atoms with Crippen LogP contribution in [0.4, 0.5) is 17.1 Å². The number of rotatable bonds is 6. The molecule has 0 aliphatic rings. The Labute approximate surface area is 190 Å². The molecule has 0 aromatic heterocycles. The fraction of sp³-hybridized carbons (Fsp3) is 0.0769. The van der Waals surface area contributed by atoms with Gasteiger partial charge in [0.15, 0.2) is 0 Å². The Kier molecular flexibility index (Phi) is 6.13. The number of amides is 2. The summed E-state index contributed by atoms with van der Waals surface area (Å²) in [5.41, 5.74) is 1.43. The van der Waals surface area contributed by atoms with Gasteiger partial charge in [-0.1, -0.05) is 48.5 Å². The van der Waals surface area contributed by atoms with Crippen molar-refractivity contribution >= 4 is 39.6 Å². The summed E-state index contributed by atoms with van der Waals surface area (Å²) in [6, 6.07) is 26.0. The van der Waals surface area contributed by atoms with E-state index in [1.165, 1.54) is 18.2 Å². The molecule has 7 heteroatoms. The van der Waals surface area contributed by atoms with E-state index in [2.05, 4.69) is 5.32 Å². The van der Waals surface area contributed by atoms with Crippen molar-refractivity contribution in [2.75, 3.05) is 16.8 Å². The molecule has 4 aromatic rings. The third-order valence-electron chi connectivity index (χ3n) is 5.35. The average Bonchev–Trinajstić information content (AvgIpc) is 2.85. The van der Waals surface area contributed by atoms with Crippen molar-refractivity contribution in [1.29, 1.82) is 0 Å². The van der Waals surface area contributed by atoms with Crippen LogP contribution in [0, 0.1) is 10.1 Å². The van der Waals surface area contributed by atoms with Gasteiger partial charge in [0, 0.05) is 29.2 Å². The largest absolute Gasteiger partial charge is 0.322 e. The third kappa shape index (κ3) is 4.43. The molecule has 0 unspecified atom stereocenters. The number of fused-ring (bicyclic) bond motifs is 1.